The van der Waals surface area contributed by atoms with Gasteiger partial charge in [-0.15, -0.1) is 0 Å². The summed E-state index contributed by atoms with van der Waals surface area (Å²) in [5.74, 6) is 0. The van der Waals surface area contributed by atoms with Crippen molar-refractivity contribution in [1.82, 2.24) is 14.9 Å². The van der Waals surface area contributed by atoms with Gasteiger partial charge in [0, 0.05) is 25.7 Å². The molecule has 2 aromatic rings. The Bertz CT molecular complexity index is 628. The van der Waals surface area contributed by atoms with E-state index < -0.39 is 0 Å². The lowest BCUT2D eigenvalue weighted by atomic mass is 10.0. The van der Waals surface area contributed by atoms with Gasteiger partial charge in [-0.05, 0) is 18.9 Å². The number of hydrogen-bond acceptors (Lipinski definition) is 5. The molecule has 115 valence electrons. The van der Waals surface area contributed by atoms with Gasteiger partial charge in [0.1, 0.15) is 6.20 Å². The summed E-state index contributed by atoms with van der Waals surface area (Å²) in [7, 11) is 0. The quantitative estimate of drug-likeness (QED) is 0.889. The summed E-state index contributed by atoms with van der Waals surface area (Å²) in [6.45, 7) is 4.15. The molecule has 0 spiro atoms. The van der Waals surface area contributed by atoms with E-state index in [1.54, 1.807) is 0 Å². The van der Waals surface area contributed by atoms with Gasteiger partial charge in [0.25, 0.3) is 0 Å². The third-order valence-electron chi connectivity index (χ3n) is 4.23. The van der Waals surface area contributed by atoms with E-state index in [9.17, 15) is 0 Å². The lowest BCUT2D eigenvalue weighted by Gasteiger charge is -2.27. The van der Waals surface area contributed by atoms with E-state index in [4.69, 9.17) is 11.5 Å². The number of nitrogens with two attached hydrogens (primary N) is 2. The zero-order valence-corrected chi connectivity index (χ0v) is 12.9. The summed E-state index contributed by atoms with van der Waals surface area (Å²) >= 11 is 0. The molecule has 1 aliphatic rings. The van der Waals surface area contributed by atoms with Crippen molar-refractivity contribution in [3.63, 3.8) is 0 Å². The SMILES string of the molecule is Cc1n[c]c(CN)nc1C1C(N)CCN1Cc1ccccc1. The van der Waals surface area contributed by atoms with Gasteiger partial charge >= 0.3 is 0 Å². The van der Waals surface area contributed by atoms with Crippen molar-refractivity contribution in [1.29, 1.82) is 0 Å². The van der Waals surface area contributed by atoms with Crippen LogP contribution >= 0.6 is 0 Å². The lowest BCUT2D eigenvalue weighted by molar-refractivity contribution is 0.233. The molecule has 1 fully saturated rings. The van der Waals surface area contributed by atoms with Crippen LogP contribution in [0.2, 0.25) is 0 Å². The van der Waals surface area contributed by atoms with E-state index in [1.807, 2.05) is 13.0 Å². The first-order chi connectivity index (χ1) is 10.7. The molecule has 0 saturated carbocycles. The van der Waals surface area contributed by atoms with Crippen LogP contribution in [-0.2, 0) is 13.1 Å². The first-order valence-corrected chi connectivity index (χ1v) is 7.67. The minimum atomic E-state index is 0.0738. The molecule has 1 aliphatic heterocycles. The largest absolute Gasteiger partial charge is 0.326 e. The standard InChI is InChI=1S/C17H22N5/c1-12-16(21-14(9-18)10-20-12)17-15(19)7-8-22(17)11-13-5-3-2-4-6-13/h2-6,15,17H,7-9,11,18-19H2,1H3. The summed E-state index contributed by atoms with van der Waals surface area (Å²) in [6, 6.07) is 10.6. The van der Waals surface area contributed by atoms with Crippen molar-refractivity contribution in [2.45, 2.75) is 38.5 Å². The molecule has 22 heavy (non-hydrogen) atoms. The Balaban J connectivity index is 1.89. The number of nitrogens with zero attached hydrogens (tertiary/aromatic N) is 3. The predicted octanol–water partition coefficient (Wildman–Crippen LogP) is 1.32. The zero-order chi connectivity index (χ0) is 15.5. The second-order valence-electron chi connectivity index (χ2n) is 5.81. The maximum absolute atomic E-state index is 6.36. The Morgan fingerprint density at radius 2 is 2.09 bits per heavy atom. The average molecular weight is 296 g/mol. The van der Waals surface area contributed by atoms with Gasteiger partial charge < -0.3 is 11.5 Å². The second kappa shape index (κ2) is 6.52. The first kappa shape index (κ1) is 15.1. The fourth-order valence-corrected chi connectivity index (χ4v) is 3.08. The van der Waals surface area contributed by atoms with Crippen LogP contribution < -0.4 is 11.5 Å². The van der Waals surface area contributed by atoms with Crippen molar-refractivity contribution in [2.75, 3.05) is 6.54 Å². The van der Waals surface area contributed by atoms with Crippen LogP contribution in [0.3, 0.4) is 0 Å². The van der Waals surface area contributed by atoms with Crippen molar-refractivity contribution in [3.8, 4) is 0 Å². The van der Waals surface area contributed by atoms with Gasteiger partial charge in [-0.2, -0.15) is 0 Å². The molecule has 3 rings (SSSR count). The average Bonchev–Trinajstić information content (AvgIpc) is 2.89. The third kappa shape index (κ3) is 3.02. The summed E-state index contributed by atoms with van der Waals surface area (Å²) in [6.07, 6.45) is 3.85. The van der Waals surface area contributed by atoms with Gasteiger partial charge in [0.15, 0.2) is 0 Å². The molecule has 0 bridgehead atoms. The van der Waals surface area contributed by atoms with Crippen LogP contribution in [-0.4, -0.2) is 27.5 Å². The molecule has 5 heteroatoms. The molecule has 5 nitrogen and oxygen atoms in total. The molecule has 0 amide bonds. The normalized spacial score (nSPS) is 22.1. The molecular weight excluding hydrogens is 274 g/mol. The molecule has 4 N–H and O–H groups in total. The minimum absolute atomic E-state index is 0.0738. The van der Waals surface area contributed by atoms with E-state index in [0.717, 1.165) is 30.9 Å². The summed E-state index contributed by atoms with van der Waals surface area (Å²) in [5.41, 5.74) is 15.9. The van der Waals surface area contributed by atoms with Gasteiger partial charge in [-0.25, -0.2) is 4.98 Å². The van der Waals surface area contributed by atoms with Crippen LogP contribution in [0.4, 0.5) is 0 Å². The molecule has 2 heterocycles. The number of rotatable bonds is 4. The molecule has 2 unspecified atom stereocenters. The highest BCUT2D eigenvalue weighted by molar-refractivity contribution is 5.21. The lowest BCUT2D eigenvalue weighted by Crippen LogP contribution is -2.33. The van der Waals surface area contributed by atoms with Crippen LogP contribution in [0.15, 0.2) is 30.3 Å². The third-order valence-corrected chi connectivity index (χ3v) is 4.23. The fourth-order valence-electron chi connectivity index (χ4n) is 3.08. The first-order valence-electron chi connectivity index (χ1n) is 7.67. The highest BCUT2D eigenvalue weighted by atomic mass is 15.2. The molecule has 2 atom stereocenters. The summed E-state index contributed by atoms with van der Waals surface area (Å²) in [5, 5.41) is 0. The Morgan fingerprint density at radius 1 is 1.32 bits per heavy atom. The van der Waals surface area contributed by atoms with Gasteiger partial charge in [-0.1, -0.05) is 30.3 Å². The van der Waals surface area contributed by atoms with Crippen LogP contribution in [0.5, 0.6) is 0 Å². The maximum atomic E-state index is 6.36. The Labute approximate surface area is 131 Å². The van der Waals surface area contributed by atoms with Crippen molar-refractivity contribution in [3.05, 3.63) is 59.2 Å². The van der Waals surface area contributed by atoms with E-state index in [1.165, 1.54) is 5.56 Å². The topological polar surface area (TPSA) is 81.1 Å². The fraction of sp³-hybridized carbons (Fsp3) is 0.412. The molecule has 1 saturated heterocycles. The Morgan fingerprint density at radius 3 is 2.82 bits per heavy atom. The van der Waals surface area contributed by atoms with E-state index in [2.05, 4.69) is 45.3 Å². The number of hydrogen-bond donors (Lipinski definition) is 2. The van der Waals surface area contributed by atoms with Crippen molar-refractivity contribution < 1.29 is 0 Å². The number of aromatic nitrogens is 2. The smallest absolute Gasteiger partial charge is 0.114 e. The van der Waals surface area contributed by atoms with Gasteiger partial charge in [-0.3, -0.25) is 9.88 Å². The van der Waals surface area contributed by atoms with Crippen LogP contribution in [0, 0.1) is 13.1 Å². The van der Waals surface area contributed by atoms with Gasteiger partial charge in [0.2, 0.25) is 0 Å². The minimum Gasteiger partial charge on any atom is -0.326 e. The molecule has 1 aromatic carbocycles. The van der Waals surface area contributed by atoms with E-state index in [0.29, 0.717) is 12.2 Å². The predicted molar refractivity (Wildman–Crippen MR) is 85.7 cm³/mol. The van der Waals surface area contributed by atoms with Crippen molar-refractivity contribution >= 4 is 0 Å². The van der Waals surface area contributed by atoms with E-state index in [-0.39, 0.29) is 12.1 Å². The number of benzene rings is 1. The molecule has 0 aliphatic carbocycles. The van der Waals surface area contributed by atoms with Gasteiger partial charge in [0.05, 0.1) is 23.1 Å². The van der Waals surface area contributed by atoms with Crippen LogP contribution in [0.1, 0.15) is 35.1 Å². The highest BCUT2D eigenvalue weighted by Gasteiger charge is 2.35. The molecule has 1 aromatic heterocycles. The molecular formula is C17H22N5. The number of aryl methyl sites for hydroxylation is 1. The van der Waals surface area contributed by atoms with E-state index >= 15 is 0 Å². The molecule has 1 radical (unpaired) electrons. The zero-order valence-electron chi connectivity index (χ0n) is 12.9. The Kier molecular flexibility index (Phi) is 4.47. The second-order valence-corrected chi connectivity index (χ2v) is 5.81. The Hall–Kier alpha value is -1.82. The maximum Gasteiger partial charge on any atom is 0.114 e. The monoisotopic (exact) mass is 296 g/mol. The number of likely N-dealkylation sites (tertiary alicyclic amines) is 1. The highest BCUT2D eigenvalue weighted by Crippen LogP contribution is 2.32. The van der Waals surface area contributed by atoms with Crippen molar-refractivity contribution in [2.24, 2.45) is 11.5 Å². The summed E-state index contributed by atoms with van der Waals surface area (Å²) < 4.78 is 0. The van der Waals surface area contributed by atoms with Crippen LogP contribution in [0.25, 0.3) is 0 Å². The summed E-state index contributed by atoms with van der Waals surface area (Å²) in [4.78, 5) is 11.4.